The summed E-state index contributed by atoms with van der Waals surface area (Å²) in [5, 5.41) is 2.56. The first kappa shape index (κ1) is 16.6. The first-order valence-corrected chi connectivity index (χ1v) is 10.0. The van der Waals surface area contributed by atoms with Crippen LogP contribution in [0.3, 0.4) is 0 Å². The van der Waals surface area contributed by atoms with Crippen molar-refractivity contribution in [2.45, 2.75) is 42.6 Å². The molecule has 1 aromatic carbocycles. The van der Waals surface area contributed by atoms with Gasteiger partial charge in [-0.05, 0) is 25.0 Å². The summed E-state index contributed by atoms with van der Waals surface area (Å²) in [6.07, 6.45) is 4.65. The smallest absolute Gasteiger partial charge is 0.321 e. The normalized spacial score (nSPS) is 20.1. The van der Waals surface area contributed by atoms with E-state index in [1.54, 1.807) is 24.3 Å². The Hall–Kier alpha value is -1.27. The lowest BCUT2D eigenvalue weighted by Crippen LogP contribution is -2.59. The van der Waals surface area contributed by atoms with Crippen LogP contribution in [0.5, 0.6) is 0 Å². The molecule has 1 aromatic rings. The second kappa shape index (κ2) is 6.69. The molecule has 1 aliphatic carbocycles. The van der Waals surface area contributed by atoms with Gasteiger partial charge >= 0.3 is 6.03 Å². The zero-order valence-corrected chi connectivity index (χ0v) is 14.4. The minimum Gasteiger partial charge on any atom is -0.322 e. The van der Waals surface area contributed by atoms with E-state index in [1.807, 2.05) is 0 Å². The second-order valence-electron chi connectivity index (χ2n) is 6.29. The average Bonchev–Trinajstić information content (AvgIpc) is 2.49. The highest BCUT2D eigenvalue weighted by Gasteiger charge is 2.43. The molecule has 3 rings (SSSR count). The van der Waals surface area contributed by atoms with Crippen LogP contribution in [0.25, 0.3) is 0 Å². The van der Waals surface area contributed by atoms with Crippen LogP contribution in [0, 0.1) is 0 Å². The minimum atomic E-state index is -3.12. The van der Waals surface area contributed by atoms with E-state index in [9.17, 15) is 13.2 Å². The Bertz CT molecular complexity index is 680. The summed E-state index contributed by atoms with van der Waals surface area (Å²) in [6.45, 7) is 0.546. The number of carbonyl (C=O) groups is 1. The molecule has 0 radical (unpaired) electrons. The van der Waals surface area contributed by atoms with Gasteiger partial charge < -0.3 is 10.2 Å². The van der Waals surface area contributed by atoms with Crippen molar-refractivity contribution in [1.29, 1.82) is 0 Å². The molecule has 5 nitrogen and oxygen atoms in total. The third-order valence-corrected chi connectivity index (χ3v) is 7.69. The number of sulfone groups is 1. The van der Waals surface area contributed by atoms with E-state index in [0.29, 0.717) is 10.7 Å². The van der Waals surface area contributed by atoms with Gasteiger partial charge in [0, 0.05) is 13.1 Å². The maximum atomic E-state index is 12.6. The fourth-order valence-corrected chi connectivity index (χ4v) is 5.73. The van der Waals surface area contributed by atoms with Crippen molar-refractivity contribution in [3.05, 3.63) is 29.3 Å². The highest BCUT2D eigenvalue weighted by Crippen LogP contribution is 2.30. The van der Waals surface area contributed by atoms with Gasteiger partial charge in [0.25, 0.3) is 0 Å². The molecule has 1 N–H and O–H groups in total. The van der Waals surface area contributed by atoms with E-state index < -0.39 is 15.1 Å². The Morgan fingerprint density at radius 1 is 1.09 bits per heavy atom. The van der Waals surface area contributed by atoms with Crippen LogP contribution < -0.4 is 5.32 Å². The molecule has 1 heterocycles. The Balaban J connectivity index is 1.56. The second-order valence-corrected chi connectivity index (χ2v) is 9.20. The summed E-state index contributed by atoms with van der Waals surface area (Å²) in [4.78, 5) is 13.7. The summed E-state index contributed by atoms with van der Waals surface area (Å²) in [5.41, 5.74) is 0.540. The first-order valence-electron chi connectivity index (χ1n) is 8.01. The predicted octanol–water partition coefficient (Wildman–Crippen LogP) is 3.30. The van der Waals surface area contributed by atoms with Gasteiger partial charge in [-0.25, -0.2) is 13.2 Å². The van der Waals surface area contributed by atoms with Gasteiger partial charge in [-0.2, -0.15) is 0 Å². The van der Waals surface area contributed by atoms with Gasteiger partial charge in [0.1, 0.15) is 0 Å². The number of hydrogen-bond donors (Lipinski definition) is 1. The number of urea groups is 1. The zero-order chi connectivity index (χ0) is 16.4. The third-order valence-electron chi connectivity index (χ3n) is 4.73. The van der Waals surface area contributed by atoms with Crippen LogP contribution in [0.4, 0.5) is 10.5 Å². The topological polar surface area (TPSA) is 66.5 Å². The molecule has 0 spiro atoms. The molecule has 2 aliphatic rings. The van der Waals surface area contributed by atoms with E-state index in [4.69, 9.17) is 11.6 Å². The van der Waals surface area contributed by atoms with Gasteiger partial charge in [0.05, 0.1) is 21.2 Å². The van der Waals surface area contributed by atoms with E-state index in [2.05, 4.69) is 5.32 Å². The number of likely N-dealkylation sites (tertiary alicyclic amines) is 1. The lowest BCUT2D eigenvalue weighted by molar-refractivity contribution is 0.182. The number of halogens is 1. The van der Waals surface area contributed by atoms with E-state index in [0.717, 1.165) is 32.1 Å². The number of para-hydroxylation sites is 1. The average molecular weight is 357 g/mol. The molecule has 23 heavy (non-hydrogen) atoms. The number of amides is 2. The summed E-state index contributed by atoms with van der Waals surface area (Å²) in [7, 11) is -3.12. The molecular weight excluding hydrogens is 336 g/mol. The van der Waals surface area contributed by atoms with Crippen molar-refractivity contribution >= 4 is 33.2 Å². The van der Waals surface area contributed by atoms with E-state index >= 15 is 0 Å². The number of hydrogen-bond acceptors (Lipinski definition) is 3. The van der Waals surface area contributed by atoms with Crippen LogP contribution in [0.1, 0.15) is 32.1 Å². The lowest BCUT2D eigenvalue weighted by Gasteiger charge is -2.40. The molecule has 1 saturated heterocycles. The number of anilines is 1. The molecule has 1 aliphatic heterocycles. The summed E-state index contributed by atoms with van der Waals surface area (Å²) < 4.78 is 25.1. The molecule has 2 fully saturated rings. The molecule has 126 valence electrons. The van der Waals surface area contributed by atoms with E-state index in [1.165, 1.54) is 4.90 Å². The van der Waals surface area contributed by atoms with Crippen molar-refractivity contribution in [2.75, 3.05) is 18.4 Å². The van der Waals surface area contributed by atoms with Gasteiger partial charge in [0.2, 0.25) is 0 Å². The number of rotatable bonds is 3. The maximum Gasteiger partial charge on any atom is 0.321 e. The van der Waals surface area contributed by atoms with Gasteiger partial charge in [-0.3, -0.25) is 0 Å². The van der Waals surface area contributed by atoms with Crippen LogP contribution >= 0.6 is 11.6 Å². The van der Waals surface area contributed by atoms with Crippen LogP contribution in [0.15, 0.2) is 24.3 Å². The van der Waals surface area contributed by atoms with Crippen molar-refractivity contribution in [2.24, 2.45) is 0 Å². The Morgan fingerprint density at radius 2 is 1.74 bits per heavy atom. The maximum absolute atomic E-state index is 12.6. The molecule has 0 bridgehead atoms. The zero-order valence-electron chi connectivity index (χ0n) is 12.9. The van der Waals surface area contributed by atoms with Crippen molar-refractivity contribution < 1.29 is 13.2 Å². The van der Waals surface area contributed by atoms with Crippen molar-refractivity contribution in [3.8, 4) is 0 Å². The Morgan fingerprint density at radius 3 is 2.39 bits per heavy atom. The van der Waals surface area contributed by atoms with Gasteiger partial charge in [-0.15, -0.1) is 0 Å². The largest absolute Gasteiger partial charge is 0.322 e. The van der Waals surface area contributed by atoms with Crippen molar-refractivity contribution in [1.82, 2.24) is 4.90 Å². The molecule has 7 heteroatoms. The SMILES string of the molecule is O=C(Nc1ccccc1Cl)N1CC(S(=O)(=O)C2CCCCC2)C1. The Kier molecular flexibility index (Phi) is 4.82. The summed E-state index contributed by atoms with van der Waals surface area (Å²) in [6, 6.07) is 6.69. The lowest BCUT2D eigenvalue weighted by atomic mass is 10.0. The molecule has 0 unspecified atom stereocenters. The number of carbonyl (C=O) groups excluding carboxylic acids is 1. The van der Waals surface area contributed by atoms with Gasteiger partial charge in [-0.1, -0.05) is 43.0 Å². The fourth-order valence-electron chi connectivity index (χ4n) is 3.23. The fraction of sp³-hybridized carbons (Fsp3) is 0.562. The molecule has 1 saturated carbocycles. The molecule has 0 atom stereocenters. The third kappa shape index (κ3) is 3.48. The summed E-state index contributed by atoms with van der Waals surface area (Å²) >= 11 is 6.01. The summed E-state index contributed by atoms with van der Waals surface area (Å²) in [5.74, 6) is 0. The highest BCUT2D eigenvalue weighted by atomic mass is 35.5. The number of nitrogens with one attached hydrogen (secondary N) is 1. The molecule has 0 aromatic heterocycles. The minimum absolute atomic E-state index is 0.213. The number of nitrogens with zero attached hydrogens (tertiary/aromatic N) is 1. The van der Waals surface area contributed by atoms with Crippen LogP contribution in [0.2, 0.25) is 5.02 Å². The quantitative estimate of drug-likeness (QED) is 0.903. The van der Waals surface area contributed by atoms with Gasteiger partial charge in [0.15, 0.2) is 9.84 Å². The first-order chi connectivity index (χ1) is 11.0. The van der Waals surface area contributed by atoms with Crippen molar-refractivity contribution in [3.63, 3.8) is 0 Å². The standard InChI is InChI=1S/C16H21ClN2O3S/c17-14-8-4-5-9-15(14)18-16(20)19-10-13(11-19)23(21,22)12-6-2-1-3-7-12/h4-5,8-9,12-13H,1-3,6-7,10-11H2,(H,18,20). The van der Waals surface area contributed by atoms with Crippen LogP contribution in [-0.4, -0.2) is 42.9 Å². The van der Waals surface area contributed by atoms with Crippen LogP contribution in [-0.2, 0) is 9.84 Å². The monoisotopic (exact) mass is 356 g/mol. The highest BCUT2D eigenvalue weighted by molar-refractivity contribution is 7.92. The predicted molar refractivity (Wildman–Crippen MR) is 91.6 cm³/mol. The Labute approximate surface area is 141 Å². The van der Waals surface area contributed by atoms with E-state index in [-0.39, 0.29) is 24.4 Å². The molecule has 2 amide bonds. The molecular formula is C16H21ClN2O3S. The number of benzene rings is 1.